The molecule has 2 fully saturated rings. The predicted octanol–water partition coefficient (Wildman–Crippen LogP) is 2.20. The van der Waals surface area contributed by atoms with Crippen LogP contribution in [0.25, 0.3) is 0 Å². The van der Waals surface area contributed by atoms with Crippen LogP contribution in [0.3, 0.4) is 0 Å². The van der Waals surface area contributed by atoms with Crippen molar-refractivity contribution in [3.8, 4) is 0 Å². The highest BCUT2D eigenvalue weighted by atomic mass is 16.3. The highest BCUT2D eigenvalue weighted by molar-refractivity contribution is 5.07. The summed E-state index contributed by atoms with van der Waals surface area (Å²) in [7, 11) is 0. The second kappa shape index (κ2) is 3.49. The van der Waals surface area contributed by atoms with Crippen LogP contribution < -0.4 is 5.73 Å². The lowest BCUT2D eigenvalue weighted by Crippen LogP contribution is -2.60. The van der Waals surface area contributed by atoms with Crippen LogP contribution in [-0.4, -0.2) is 16.7 Å². The van der Waals surface area contributed by atoms with E-state index in [9.17, 15) is 5.11 Å². The Bertz CT molecular complexity index is 197. The van der Waals surface area contributed by atoms with Gasteiger partial charge in [0.15, 0.2) is 0 Å². The Morgan fingerprint density at radius 3 is 2.14 bits per heavy atom. The molecule has 0 spiro atoms. The molecule has 0 aromatic heterocycles. The van der Waals surface area contributed by atoms with Gasteiger partial charge in [-0.15, -0.1) is 0 Å². The molecule has 0 aromatic carbocycles. The van der Waals surface area contributed by atoms with Gasteiger partial charge < -0.3 is 10.8 Å². The highest BCUT2D eigenvalue weighted by Crippen LogP contribution is 2.55. The van der Waals surface area contributed by atoms with Gasteiger partial charge in [0.2, 0.25) is 0 Å². The molecular formula is C12H23NO. The summed E-state index contributed by atoms with van der Waals surface area (Å²) in [6.45, 7) is 2.28. The van der Waals surface area contributed by atoms with Crippen LogP contribution in [0.1, 0.15) is 58.3 Å². The van der Waals surface area contributed by atoms with Crippen LogP contribution in [0.15, 0.2) is 0 Å². The Balaban J connectivity index is 2.07. The van der Waals surface area contributed by atoms with E-state index >= 15 is 0 Å². The molecule has 0 radical (unpaired) electrons. The van der Waals surface area contributed by atoms with Gasteiger partial charge in [0.05, 0.1) is 6.10 Å². The first kappa shape index (κ1) is 10.4. The van der Waals surface area contributed by atoms with Crippen molar-refractivity contribution >= 4 is 0 Å². The summed E-state index contributed by atoms with van der Waals surface area (Å²) in [4.78, 5) is 0. The van der Waals surface area contributed by atoms with Crippen molar-refractivity contribution in [2.45, 2.75) is 69.9 Å². The van der Waals surface area contributed by atoms with Gasteiger partial charge in [-0.25, -0.2) is 0 Å². The van der Waals surface area contributed by atoms with E-state index in [4.69, 9.17) is 5.73 Å². The highest BCUT2D eigenvalue weighted by Gasteiger charge is 2.51. The van der Waals surface area contributed by atoms with Crippen molar-refractivity contribution in [1.82, 2.24) is 0 Å². The number of aliphatic hydroxyl groups is 1. The molecule has 3 N–H and O–H groups in total. The Labute approximate surface area is 86.9 Å². The number of hydrogen-bond acceptors (Lipinski definition) is 2. The van der Waals surface area contributed by atoms with Crippen molar-refractivity contribution in [1.29, 1.82) is 0 Å². The molecule has 82 valence electrons. The maximum atomic E-state index is 9.51. The minimum Gasteiger partial charge on any atom is -0.393 e. The molecule has 0 unspecified atom stereocenters. The Hall–Kier alpha value is -0.0800. The lowest BCUT2D eigenvalue weighted by Gasteiger charge is -2.56. The second-order valence-electron chi connectivity index (χ2n) is 5.37. The third-order valence-corrected chi connectivity index (χ3v) is 4.89. The third kappa shape index (κ3) is 1.40. The topological polar surface area (TPSA) is 46.2 Å². The lowest BCUT2D eigenvalue weighted by atomic mass is 9.52. The minimum atomic E-state index is -0.0827. The van der Waals surface area contributed by atoms with E-state index in [0.717, 1.165) is 25.7 Å². The van der Waals surface area contributed by atoms with Gasteiger partial charge in [-0.1, -0.05) is 13.3 Å². The molecule has 14 heavy (non-hydrogen) atoms. The van der Waals surface area contributed by atoms with Gasteiger partial charge in [-0.2, -0.15) is 0 Å². The molecule has 2 heteroatoms. The molecule has 0 bridgehead atoms. The first-order valence-corrected chi connectivity index (χ1v) is 6.09. The molecule has 0 aromatic rings. The van der Waals surface area contributed by atoms with E-state index in [-0.39, 0.29) is 11.6 Å². The first-order chi connectivity index (χ1) is 6.62. The van der Waals surface area contributed by atoms with Crippen LogP contribution in [-0.2, 0) is 0 Å². The Kier molecular flexibility index (Phi) is 2.61. The summed E-state index contributed by atoms with van der Waals surface area (Å²) in [5, 5.41) is 9.51. The van der Waals surface area contributed by atoms with Crippen LogP contribution in [0, 0.1) is 5.41 Å². The number of nitrogens with two attached hydrogens (primary N) is 1. The molecule has 0 amide bonds. The van der Waals surface area contributed by atoms with Crippen molar-refractivity contribution in [3.05, 3.63) is 0 Å². The average Bonchev–Trinajstić information content (AvgIpc) is 2.10. The van der Waals surface area contributed by atoms with Crippen molar-refractivity contribution in [2.24, 2.45) is 11.1 Å². The molecule has 0 saturated heterocycles. The molecule has 0 atom stereocenters. The fraction of sp³-hybridized carbons (Fsp3) is 1.00. The lowest BCUT2D eigenvalue weighted by molar-refractivity contribution is -0.0282. The molecule has 2 rings (SSSR count). The van der Waals surface area contributed by atoms with E-state index in [1.165, 1.54) is 25.7 Å². The van der Waals surface area contributed by atoms with E-state index < -0.39 is 0 Å². The quantitative estimate of drug-likeness (QED) is 0.713. The Morgan fingerprint density at radius 2 is 1.79 bits per heavy atom. The van der Waals surface area contributed by atoms with Gasteiger partial charge in [-0.3, -0.25) is 0 Å². The zero-order valence-electron chi connectivity index (χ0n) is 9.26. The summed E-state index contributed by atoms with van der Waals surface area (Å²) >= 11 is 0. The zero-order chi connectivity index (χ0) is 10.2. The fourth-order valence-electron chi connectivity index (χ4n) is 3.46. The maximum absolute atomic E-state index is 9.51. The summed E-state index contributed by atoms with van der Waals surface area (Å²) in [5.41, 5.74) is 7.03. The maximum Gasteiger partial charge on any atom is 0.0541 e. The van der Waals surface area contributed by atoms with E-state index in [0.29, 0.717) is 5.41 Å². The van der Waals surface area contributed by atoms with Gasteiger partial charge in [0, 0.05) is 5.54 Å². The molecular weight excluding hydrogens is 174 g/mol. The molecule has 0 heterocycles. The van der Waals surface area contributed by atoms with Gasteiger partial charge >= 0.3 is 0 Å². The number of hydrogen-bond donors (Lipinski definition) is 2. The number of aliphatic hydroxyl groups excluding tert-OH is 1. The monoisotopic (exact) mass is 197 g/mol. The smallest absolute Gasteiger partial charge is 0.0541 e. The van der Waals surface area contributed by atoms with Crippen molar-refractivity contribution in [2.75, 3.05) is 0 Å². The van der Waals surface area contributed by atoms with Gasteiger partial charge in [-0.05, 0) is 50.4 Å². The molecule has 2 aliphatic rings. The minimum absolute atomic E-state index is 0.0409. The largest absolute Gasteiger partial charge is 0.393 e. The summed E-state index contributed by atoms with van der Waals surface area (Å²) in [6.07, 6.45) is 9.02. The molecule has 2 saturated carbocycles. The van der Waals surface area contributed by atoms with Crippen molar-refractivity contribution in [3.63, 3.8) is 0 Å². The molecule has 0 aliphatic heterocycles. The van der Waals surface area contributed by atoms with E-state index in [1.54, 1.807) is 0 Å². The van der Waals surface area contributed by atoms with Crippen LogP contribution in [0.4, 0.5) is 0 Å². The first-order valence-electron chi connectivity index (χ1n) is 6.09. The van der Waals surface area contributed by atoms with E-state index in [2.05, 4.69) is 6.92 Å². The normalized spacial score (nSPS) is 41.8. The van der Waals surface area contributed by atoms with Gasteiger partial charge in [0.1, 0.15) is 0 Å². The van der Waals surface area contributed by atoms with E-state index in [1.807, 2.05) is 0 Å². The standard InChI is InChI=1S/C12H23NO/c1-2-11(6-3-7-11)12(13)8-4-10(14)5-9-12/h10,14H,2-9,13H2,1H3. The summed E-state index contributed by atoms with van der Waals surface area (Å²) in [5.74, 6) is 0. The fourth-order valence-corrected chi connectivity index (χ4v) is 3.46. The van der Waals surface area contributed by atoms with Gasteiger partial charge in [0.25, 0.3) is 0 Å². The summed E-state index contributed by atoms with van der Waals surface area (Å²) < 4.78 is 0. The average molecular weight is 197 g/mol. The predicted molar refractivity (Wildman–Crippen MR) is 58.0 cm³/mol. The summed E-state index contributed by atoms with van der Waals surface area (Å²) in [6, 6.07) is 0. The molecule has 2 aliphatic carbocycles. The van der Waals surface area contributed by atoms with Crippen LogP contribution in [0.2, 0.25) is 0 Å². The molecule has 2 nitrogen and oxygen atoms in total. The SMILES string of the molecule is CCC1(C2(N)CCC(O)CC2)CCC1. The Morgan fingerprint density at radius 1 is 1.21 bits per heavy atom. The second-order valence-corrected chi connectivity index (χ2v) is 5.37. The van der Waals surface area contributed by atoms with Crippen LogP contribution >= 0.6 is 0 Å². The van der Waals surface area contributed by atoms with Crippen LogP contribution in [0.5, 0.6) is 0 Å². The zero-order valence-corrected chi connectivity index (χ0v) is 9.26. The number of rotatable bonds is 2. The third-order valence-electron chi connectivity index (χ3n) is 4.89. The van der Waals surface area contributed by atoms with Crippen molar-refractivity contribution < 1.29 is 5.11 Å².